The highest BCUT2D eigenvalue weighted by Gasteiger charge is 2.51. The van der Waals surface area contributed by atoms with E-state index in [0.717, 1.165) is 48.3 Å². The van der Waals surface area contributed by atoms with E-state index < -0.39 is 11.6 Å². The number of carbonyl (C=O) groups is 3. The van der Waals surface area contributed by atoms with Gasteiger partial charge in [0.15, 0.2) is 0 Å². The number of unbranched alkanes of at least 4 members (excludes halogenated alkanes) is 2. The molecular formula is C21H27N5O4S. The van der Waals surface area contributed by atoms with Crippen molar-refractivity contribution < 1.29 is 18.9 Å². The zero-order valence-electron chi connectivity index (χ0n) is 17.4. The van der Waals surface area contributed by atoms with Crippen molar-refractivity contribution in [1.82, 2.24) is 25.7 Å². The Hall–Kier alpha value is -2.75. The number of amides is 4. The van der Waals surface area contributed by atoms with Crippen LogP contribution in [0.2, 0.25) is 0 Å². The van der Waals surface area contributed by atoms with Crippen LogP contribution >= 0.6 is 11.3 Å². The normalized spacial score (nSPS) is 17.9. The maximum atomic E-state index is 12.7. The van der Waals surface area contributed by atoms with Crippen molar-refractivity contribution in [1.29, 1.82) is 0 Å². The Kier molecular flexibility index (Phi) is 6.64. The van der Waals surface area contributed by atoms with Crippen LogP contribution in [0.25, 0.3) is 10.7 Å². The minimum Gasteiger partial charge on any atom is -0.355 e. The molecule has 2 aliphatic rings. The van der Waals surface area contributed by atoms with E-state index in [9.17, 15) is 14.4 Å². The fourth-order valence-electron chi connectivity index (χ4n) is 4.18. The first-order valence-corrected chi connectivity index (χ1v) is 11.7. The molecule has 9 nitrogen and oxygen atoms in total. The summed E-state index contributed by atoms with van der Waals surface area (Å²) in [5.74, 6) is 0.665. The lowest BCUT2D eigenvalue weighted by Gasteiger charge is -2.30. The molecule has 1 spiro atoms. The summed E-state index contributed by atoms with van der Waals surface area (Å²) in [6.45, 7) is 0.276. The van der Waals surface area contributed by atoms with Crippen molar-refractivity contribution in [2.24, 2.45) is 0 Å². The molecule has 0 atom stereocenters. The van der Waals surface area contributed by atoms with Crippen LogP contribution in [0.15, 0.2) is 22.0 Å². The summed E-state index contributed by atoms with van der Waals surface area (Å²) in [5, 5.41) is 11.6. The van der Waals surface area contributed by atoms with Crippen molar-refractivity contribution in [2.75, 3.05) is 13.1 Å². The van der Waals surface area contributed by atoms with Gasteiger partial charge in [0.2, 0.25) is 17.6 Å². The predicted molar refractivity (Wildman–Crippen MR) is 114 cm³/mol. The van der Waals surface area contributed by atoms with E-state index in [4.69, 9.17) is 4.52 Å². The molecule has 4 amide bonds. The summed E-state index contributed by atoms with van der Waals surface area (Å²) in [7, 11) is 0. The number of hydrogen-bond acceptors (Lipinski definition) is 7. The first-order valence-electron chi connectivity index (χ1n) is 10.8. The molecule has 2 aromatic heterocycles. The van der Waals surface area contributed by atoms with E-state index >= 15 is 0 Å². The van der Waals surface area contributed by atoms with Crippen LogP contribution in [0.3, 0.4) is 0 Å². The molecule has 31 heavy (non-hydrogen) atoms. The molecule has 1 aliphatic heterocycles. The largest absolute Gasteiger partial charge is 0.355 e. The molecule has 166 valence electrons. The van der Waals surface area contributed by atoms with Gasteiger partial charge in [-0.2, -0.15) is 4.98 Å². The number of hydrogen-bond donors (Lipinski definition) is 2. The van der Waals surface area contributed by atoms with E-state index in [1.165, 1.54) is 0 Å². The van der Waals surface area contributed by atoms with Gasteiger partial charge in [-0.05, 0) is 37.1 Å². The van der Waals surface area contributed by atoms with Crippen LogP contribution in [0.5, 0.6) is 0 Å². The molecule has 0 bridgehead atoms. The van der Waals surface area contributed by atoms with Gasteiger partial charge in [-0.3, -0.25) is 14.5 Å². The molecule has 2 aromatic rings. The molecule has 0 radical (unpaired) electrons. The smallest absolute Gasteiger partial charge is 0.325 e. The fraction of sp³-hybridized carbons (Fsp3) is 0.571. The number of carbonyl (C=O) groups excluding carboxylic acids is 3. The Morgan fingerprint density at radius 3 is 2.84 bits per heavy atom. The van der Waals surface area contributed by atoms with Crippen molar-refractivity contribution in [3.05, 3.63) is 23.4 Å². The highest BCUT2D eigenvalue weighted by Crippen LogP contribution is 2.33. The number of rotatable bonds is 9. The van der Waals surface area contributed by atoms with Crippen LogP contribution in [-0.4, -0.2) is 51.5 Å². The number of aromatic nitrogens is 2. The molecule has 2 N–H and O–H groups in total. The monoisotopic (exact) mass is 445 g/mol. The van der Waals surface area contributed by atoms with Gasteiger partial charge < -0.3 is 15.2 Å². The average molecular weight is 446 g/mol. The summed E-state index contributed by atoms with van der Waals surface area (Å²) in [4.78, 5) is 43.6. The van der Waals surface area contributed by atoms with E-state index in [2.05, 4.69) is 20.8 Å². The minimum absolute atomic E-state index is 0.222. The number of thiophene rings is 1. The summed E-state index contributed by atoms with van der Waals surface area (Å²) < 4.78 is 5.28. The number of urea groups is 1. The highest BCUT2D eigenvalue weighted by molar-refractivity contribution is 7.13. The predicted octanol–water partition coefficient (Wildman–Crippen LogP) is 2.88. The standard InChI is InChI=1S/C21H27N5O4S/c27-16(14-26-19(28)21(24-20(26)29)10-4-2-5-11-21)22-12-6-1-3-9-17-23-18(25-30-17)15-8-7-13-31-15/h7-8,13H,1-6,9-12,14H2,(H,22,27)(H,24,29). The first kappa shape index (κ1) is 21.5. The number of nitrogens with one attached hydrogen (secondary N) is 2. The Balaban J connectivity index is 1.13. The molecule has 4 rings (SSSR count). The van der Waals surface area contributed by atoms with Gasteiger partial charge in [0.1, 0.15) is 12.1 Å². The van der Waals surface area contributed by atoms with E-state index in [0.29, 0.717) is 37.5 Å². The number of nitrogens with zero attached hydrogens (tertiary/aromatic N) is 3. The summed E-state index contributed by atoms with van der Waals surface area (Å²) in [5.41, 5.74) is -0.784. The third-order valence-electron chi connectivity index (χ3n) is 5.85. The van der Waals surface area contributed by atoms with Crippen LogP contribution in [0.4, 0.5) is 4.79 Å². The Bertz CT molecular complexity index is 920. The molecule has 3 heterocycles. The fourth-order valence-corrected chi connectivity index (χ4v) is 4.83. The van der Waals surface area contributed by atoms with Crippen LogP contribution in [0.1, 0.15) is 57.3 Å². The maximum absolute atomic E-state index is 12.7. The van der Waals surface area contributed by atoms with Gasteiger partial charge in [-0.1, -0.05) is 36.9 Å². The Labute approximate surface area is 184 Å². The third kappa shape index (κ3) is 4.95. The summed E-state index contributed by atoms with van der Waals surface area (Å²) in [6, 6.07) is 3.45. The average Bonchev–Trinajstić information content (AvgIpc) is 3.49. The topological polar surface area (TPSA) is 117 Å². The van der Waals surface area contributed by atoms with Gasteiger partial charge in [-0.25, -0.2) is 4.79 Å². The van der Waals surface area contributed by atoms with Gasteiger partial charge >= 0.3 is 6.03 Å². The molecule has 2 fully saturated rings. The minimum atomic E-state index is -0.784. The molecule has 10 heteroatoms. The lowest BCUT2D eigenvalue weighted by Crippen LogP contribution is -2.49. The summed E-state index contributed by atoms with van der Waals surface area (Å²) >= 11 is 1.57. The van der Waals surface area contributed by atoms with Gasteiger partial charge in [0.25, 0.3) is 5.91 Å². The van der Waals surface area contributed by atoms with Crippen LogP contribution in [0, 0.1) is 0 Å². The second-order valence-corrected chi connectivity index (χ2v) is 9.06. The van der Waals surface area contributed by atoms with Crippen molar-refractivity contribution >= 4 is 29.2 Å². The van der Waals surface area contributed by atoms with Crippen molar-refractivity contribution in [3.8, 4) is 10.7 Å². The van der Waals surface area contributed by atoms with Crippen molar-refractivity contribution in [3.63, 3.8) is 0 Å². The second kappa shape index (κ2) is 9.59. The third-order valence-corrected chi connectivity index (χ3v) is 6.72. The quantitative estimate of drug-likeness (QED) is 0.453. The lowest BCUT2D eigenvalue weighted by atomic mass is 9.82. The van der Waals surface area contributed by atoms with Crippen LogP contribution in [-0.2, 0) is 16.0 Å². The first-order chi connectivity index (χ1) is 15.1. The number of imide groups is 1. The molecule has 1 saturated heterocycles. The SMILES string of the molecule is O=C(CN1C(=O)NC2(CCCCC2)C1=O)NCCCCCc1nc(-c2cccs2)no1. The van der Waals surface area contributed by atoms with E-state index in [1.807, 2.05) is 17.5 Å². The highest BCUT2D eigenvalue weighted by atomic mass is 32.1. The molecule has 0 unspecified atom stereocenters. The van der Waals surface area contributed by atoms with E-state index in [1.54, 1.807) is 11.3 Å². The molecule has 1 saturated carbocycles. The second-order valence-electron chi connectivity index (χ2n) is 8.11. The maximum Gasteiger partial charge on any atom is 0.325 e. The molecule has 1 aliphatic carbocycles. The van der Waals surface area contributed by atoms with Gasteiger partial charge in [0.05, 0.1) is 4.88 Å². The molecule has 0 aromatic carbocycles. The molecular weight excluding hydrogens is 418 g/mol. The zero-order chi connectivity index (χ0) is 21.7. The van der Waals surface area contributed by atoms with Gasteiger partial charge in [0, 0.05) is 13.0 Å². The Morgan fingerprint density at radius 1 is 1.23 bits per heavy atom. The zero-order valence-corrected chi connectivity index (χ0v) is 18.2. The summed E-state index contributed by atoms with van der Waals surface area (Å²) in [6.07, 6.45) is 7.48. The van der Waals surface area contributed by atoms with Gasteiger partial charge in [-0.15, -0.1) is 11.3 Å². The van der Waals surface area contributed by atoms with Crippen LogP contribution < -0.4 is 10.6 Å². The number of aryl methyl sites for hydroxylation is 1. The Morgan fingerprint density at radius 2 is 2.06 bits per heavy atom. The lowest BCUT2D eigenvalue weighted by molar-refractivity contribution is -0.135. The van der Waals surface area contributed by atoms with E-state index in [-0.39, 0.29) is 18.4 Å². The van der Waals surface area contributed by atoms with Crippen molar-refractivity contribution in [2.45, 2.75) is 63.3 Å².